The van der Waals surface area contributed by atoms with Gasteiger partial charge >= 0.3 is 0 Å². The first kappa shape index (κ1) is 24.8. The van der Waals surface area contributed by atoms with Crippen LogP contribution in [0, 0.1) is 0 Å². The summed E-state index contributed by atoms with van der Waals surface area (Å²) in [7, 11) is 0. The van der Waals surface area contributed by atoms with Gasteiger partial charge in [-0.3, -0.25) is 19.3 Å². The van der Waals surface area contributed by atoms with Crippen molar-refractivity contribution in [3.8, 4) is 11.5 Å². The molecule has 2 aromatic carbocycles. The molecule has 2 heterocycles. The van der Waals surface area contributed by atoms with Crippen molar-refractivity contribution in [1.29, 1.82) is 0 Å². The van der Waals surface area contributed by atoms with Gasteiger partial charge in [-0.2, -0.15) is 0 Å². The van der Waals surface area contributed by atoms with Crippen LogP contribution in [0.25, 0.3) is 0 Å². The normalized spacial score (nSPS) is 17.9. The number of halogens is 1. The van der Waals surface area contributed by atoms with E-state index < -0.39 is 0 Å². The standard InChI is InChI=1S/C25H29ClN4O5/c26-19-6-7-22-20(14-19)25(33)28-8-3-10-30(16-23(31)27-9-12-34-22)24(32)17-29-11-13-35-21-5-2-1-4-18(21)15-29/h1-2,4-7,14H,3,8-13,15-17H2,(H,27,31)(H,28,33). The molecule has 2 N–H and O–H groups in total. The Morgan fingerprint density at radius 2 is 1.77 bits per heavy atom. The molecule has 35 heavy (non-hydrogen) atoms. The van der Waals surface area contributed by atoms with Crippen LogP contribution in [0.1, 0.15) is 22.3 Å². The van der Waals surface area contributed by atoms with E-state index >= 15 is 0 Å². The molecule has 0 aliphatic carbocycles. The van der Waals surface area contributed by atoms with E-state index in [1.165, 1.54) is 4.90 Å². The van der Waals surface area contributed by atoms with Crippen LogP contribution < -0.4 is 20.1 Å². The van der Waals surface area contributed by atoms with Crippen molar-refractivity contribution in [2.75, 3.05) is 52.5 Å². The number of para-hydroxylation sites is 1. The van der Waals surface area contributed by atoms with Crippen LogP contribution in [0.15, 0.2) is 42.5 Å². The highest BCUT2D eigenvalue weighted by Crippen LogP contribution is 2.24. The van der Waals surface area contributed by atoms with Crippen LogP contribution in [0.4, 0.5) is 0 Å². The number of rotatable bonds is 2. The van der Waals surface area contributed by atoms with Gasteiger partial charge in [-0.05, 0) is 30.7 Å². The van der Waals surface area contributed by atoms with Gasteiger partial charge < -0.3 is 25.0 Å². The highest BCUT2D eigenvalue weighted by molar-refractivity contribution is 6.31. The Morgan fingerprint density at radius 3 is 2.66 bits per heavy atom. The van der Waals surface area contributed by atoms with Gasteiger partial charge in [0, 0.05) is 36.8 Å². The van der Waals surface area contributed by atoms with E-state index in [0.29, 0.717) is 55.5 Å². The summed E-state index contributed by atoms with van der Waals surface area (Å²) in [6.45, 7) is 2.90. The number of carbonyl (C=O) groups excluding carboxylic acids is 3. The maximum atomic E-state index is 13.2. The lowest BCUT2D eigenvalue weighted by atomic mass is 10.2. The molecule has 0 atom stereocenters. The summed E-state index contributed by atoms with van der Waals surface area (Å²) in [5, 5.41) is 6.06. The Hall–Kier alpha value is -3.30. The van der Waals surface area contributed by atoms with Crippen LogP contribution in [-0.4, -0.2) is 80.0 Å². The molecule has 0 radical (unpaired) electrons. The second kappa shape index (κ2) is 11.9. The maximum absolute atomic E-state index is 13.2. The fourth-order valence-electron chi connectivity index (χ4n) is 4.05. The fraction of sp³-hybridized carbons (Fsp3) is 0.400. The number of nitrogens with zero attached hydrogens (tertiary/aromatic N) is 2. The van der Waals surface area contributed by atoms with Crippen molar-refractivity contribution in [2.45, 2.75) is 13.0 Å². The summed E-state index contributed by atoms with van der Waals surface area (Å²) in [6, 6.07) is 12.6. The third-order valence-corrected chi connectivity index (χ3v) is 6.07. The van der Waals surface area contributed by atoms with Gasteiger partial charge in [-0.15, -0.1) is 0 Å². The Balaban J connectivity index is 1.40. The zero-order valence-electron chi connectivity index (χ0n) is 19.4. The van der Waals surface area contributed by atoms with Crippen molar-refractivity contribution in [2.24, 2.45) is 0 Å². The molecule has 186 valence electrons. The molecule has 0 saturated heterocycles. The highest BCUT2D eigenvalue weighted by Gasteiger charge is 2.23. The zero-order valence-corrected chi connectivity index (χ0v) is 20.2. The lowest BCUT2D eigenvalue weighted by molar-refractivity contribution is -0.137. The third-order valence-electron chi connectivity index (χ3n) is 5.84. The van der Waals surface area contributed by atoms with Gasteiger partial charge in [0.2, 0.25) is 11.8 Å². The molecule has 0 unspecified atom stereocenters. The number of fused-ring (bicyclic) bond motifs is 2. The molecule has 10 heteroatoms. The Bertz CT molecular complexity index is 1080. The number of carbonyl (C=O) groups is 3. The van der Waals surface area contributed by atoms with E-state index in [2.05, 4.69) is 10.6 Å². The number of hydrogen-bond acceptors (Lipinski definition) is 6. The molecule has 4 rings (SSSR count). The molecule has 0 bridgehead atoms. The van der Waals surface area contributed by atoms with Gasteiger partial charge in [-0.1, -0.05) is 29.8 Å². The van der Waals surface area contributed by atoms with Crippen LogP contribution in [-0.2, 0) is 16.1 Å². The van der Waals surface area contributed by atoms with Gasteiger partial charge in [0.05, 0.1) is 25.2 Å². The lowest BCUT2D eigenvalue weighted by Crippen LogP contribution is -2.47. The van der Waals surface area contributed by atoms with Crippen molar-refractivity contribution in [3.63, 3.8) is 0 Å². The van der Waals surface area contributed by atoms with Gasteiger partial charge in [0.1, 0.15) is 24.7 Å². The Morgan fingerprint density at radius 1 is 0.943 bits per heavy atom. The zero-order chi connectivity index (χ0) is 24.6. The monoisotopic (exact) mass is 500 g/mol. The molecule has 0 fully saturated rings. The molecule has 9 nitrogen and oxygen atoms in total. The number of hydrogen-bond donors (Lipinski definition) is 2. The predicted molar refractivity (Wildman–Crippen MR) is 131 cm³/mol. The minimum Gasteiger partial charge on any atom is -0.492 e. The molecule has 0 saturated carbocycles. The SMILES string of the molecule is O=C1CN(C(=O)CN2CCOc3ccccc3C2)CCCNC(=O)c2cc(Cl)ccc2OCCN1. The number of amides is 3. The van der Waals surface area contributed by atoms with E-state index in [-0.39, 0.29) is 44.0 Å². The van der Waals surface area contributed by atoms with Crippen molar-refractivity contribution in [1.82, 2.24) is 20.4 Å². The maximum Gasteiger partial charge on any atom is 0.255 e. The minimum absolute atomic E-state index is 0.0557. The highest BCUT2D eigenvalue weighted by atomic mass is 35.5. The van der Waals surface area contributed by atoms with E-state index in [1.54, 1.807) is 18.2 Å². The predicted octanol–water partition coefficient (Wildman–Crippen LogP) is 1.69. The molecular weight excluding hydrogens is 472 g/mol. The summed E-state index contributed by atoms with van der Waals surface area (Å²) in [5.41, 5.74) is 1.36. The molecule has 0 spiro atoms. The van der Waals surface area contributed by atoms with Gasteiger partial charge in [0.25, 0.3) is 5.91 Å². The van der Waals surface area contributed by atoms with Crippen LogP contribution in [0.3, 0.4) is 0 Å². The van der Waals surface area contributed by atoms with Gasteiger partial charge in [0.15, 0.2) is 0 Å². The van der Waals surface area contributed by atoms with E-state index in [9.17, 15) is 14.4 Å². The summed E-state index contributed by atoms with van der Waals surface area (Å²) < 4.78 is 11.5. The summed E-state index contributed by atoms with van der Waals surface area (Å²) in [6.07, 6.45) is 0.494. The first-order chi connectivity index (χ1) is 17.0. The molecule has 3 amide bonds. The van der Waals surface area contributed by atoms with E-state index in [4.69, 9.17) is 21.1 Å². The fourth-order valence-corrected chi connectivity index (χ4v) is 4.22. The number of nitrogens with one attached hydrogen (secondary N) is 2. The minimum atomic E-state index is -0.301. The van der Waals surface area contributed by atoms with Crippen LogP contribution in [0.5, 0.6) is 11.5 Å². The quantitative estimate of drug-likeness (QED) is 0.651. The topological polar surface area (TPSA) is 100 Å². The average molecular weight is 501 g/mol. The molecular formula is C25H29ClN4O5. The molecule has 2 aliphatic rings. The molecule has 2 aliphatic heterocycles. The van der Waals surface area contributed by atoms with Crippen molar-refractivity contribution >= 4 is 29.3 Å². The smallest absolute Gasteiger partial charge is 0.255 e. The Kier molecular flexibility index (Phi) is 8.44. The Labute approximate surface area is 209 Å². The number of ether oxygens (including phenoxy) is 2. The second-order valence-electron chi connectivity index (χ2n) is 8.43. The summed E-state index contributed by atoms with van der Waals surface area (Å²) in [5.74, 6) is 0.527. The average Bonchev–Trinajstić information content (AvgIpc) is 3.05. The largest absolute Gasteiger partial charge is 0.492 e. The van der Waals surface area contributed by atoms with Crippen molar-refractivity contribution in [3.05, 3.63) is 58.6 Å². The van der Waals surface area contributed by atoms with Crippen LogP contribution in [0.2, 0.25) is 5.02 Å². The first-order valence-electron chi connectivity index (χ1n) is 11.7. The third kappa shape index (κ3) is 6.86. The summed E-state index contributed by atoms with van der Waals surface area (Å²) >= 11 is 6.06. The summed E-state index contributed by atoms with van der Waals surface area (Å²) in [4.78, 5) is 41.9. The van der Waals surface area contributed by atoms with E-state index in [0.717, 1.165) is 11.3 Å². The van der Waals surface area contributed by atoms with E-state index in [1.807, 2.05) is 29.2 Å². The molecule has 2 aromatic rings. The van der Waals surface area contributed by atoms with Crippen molar-refractivity contribution < 1.29 is 23.9 Å². The second-order valence-corrected chi connectivity index (χ2v) is 8.87. The van der Waals surface area contributed by atoms with Gasteiger partial charge in [-0.25, -0.2) is 0 Å². The van der Waals surface area contributed by atoms with Crippen LogP contribution >= 0.6 is 11.6 Å². The number of benzene rings is 2. The first-order valence-corrected chi connectivity index (χ1v) is 12.1. The lowest BCUT2D eigenvalue weighted by Gasteiger charge is -2.26. The molecule has 0 aromatic heterocycles.